The summed E-state index contributed by atoms with van der Waals surface area (Å²) in [5.74, 6) is 2.43. The Morgan fingerprint density at radius 3 is 2.76 bits per heavy atom. The van der Waals surface area contributed by atoms with Gasteiger partial charge in [0.05, 0.1) is 10.7 Å². The smallest absolute Gasteiger partial charge is 0.258 e. The second-order valence-electron chi connectivity index (χ2n) is 8.66. The molecule has 2 aliphatic carbocycles. The molecule has 0 spiro atoms. The number of rotatable bonds is 7. The lowest BCUT2D eigenvalue weighted by Crippen LogP contribution is -2.15. The van der Waals surface area contributed by atoms with Gasteiger partial charge in [0, 0.05) is 24.1 Å². The highest BCUT2D eigenvalue weighted by Gasteiger charge is 2.21. The van der Waals surface area contributed by atoms with E-state index in [0.29, 0.717) is 16.5 Å². The number of hydrogen-bond donors (Lipinski definition) is 1. The second-order valence-corrected chi connectivity index (χ2v) is 10.2. The molecule has 29 heavy (non-hydrogen) atoms. The van der Waals surface area contributed by atoms with E-state index in [2.05, 4.69) is 11.9 Å². The molecule has 0 aromatic carbocycles. The van der Waals surface area contributed by atoms with Crippen molar-refractivity contribution >= 4 is 29.0 Å². The summed E-state index contributed by atoms with van der Waals surface area (Å²) in [6.07, 6.45) is 13.3. The van der Waals surface area contributed by atoms with Crippen molar-refractivity contribution in [3.05, 3.63) is 49.9 Å². The van der Waals surface area contributed by atoms with Gasteiger partial charge in [-0.3, -0.25) is 9.20 Å². The monoisotopic (exact) mass is 432 g/mol. The molecule has 4 rings (SSSR count). The standard InChI is InChI=1S/C23H29ClN2O2S/c1-15-5-7-16(8-6-15)3-2-4-21(17-9-10-17)29-14-19-12-22(28)26-13-18(24)11-20(27)23(26)25-19/h11-13,15-16,27H,2-10,14H2,1H3. The summed E-state index contributed by atoms with van der Waals surface area (Å²) in [7, 11) is 0. The minimum atomic E-state index is -0.212. The fourth-order valence-corrected chi connectivity index (χ4v) is 5.66. The molecule has 0 unspecified atom stereocenters. The van der Waals surface area contributed by atoms with Gasteiger partial charge in [-0.25, -0.2) is 4.98 Å². The maximum absolute atomic E-state index is 12.4. The predicted octanol–water partition coefficient (Wildman–Crippen LogP) is 6.33. The Bertz CT molecular complexity index is 971. The first-order valence-corrected chi connectivity index (χ1v) is 12.1. The molecular formula is C23H29ClN2O2S. The van der Waals surface area contributed by atoms with Crippen LogP contribution in [0.15, 0.2) is 33.6 Å². The van der Waals surface area contributed by atoms with E-state index in [-0.39, 0.29) is 17.0 Å². The van der Waals surface area contributed by atoms with E-state index in [9.17, 15) is 9.90 Å². The number of halogens is 1. The molecule has 0 aliphatic heterocycles. The maximum atomic E-state index is 12.4. The third-order valence-corrected chi connectivity index (χ3v) is 7.69. The fourth-order valence-electron chi connectivity index (χ4n) is 4.30. The quantitative estimate of drug-likeness (QED) is 0.555. The van der Waals surface area contributed by atoms with Crippen LogP contribution in [0, 0.1) is 11.8 Å². The minimum Gasteiger partial charge on any atom is -0.504 e. The van der Waals surface area contributed by atoms with Crippen LogP contribution in [0.25, 0.3) is 5.65 Å². The number of aromatic nitrogens is 2. The van der Waals surface area contributed by atoms with E-state index in [1.807, 2.05) is 11.8 Å². The topological polar surface area (TPSA) is 54.6 Å². The molecule has 0 saturated heterocycles. The Morgan fingerprint density at radius 2 is 2.03 bits per heavy atom. The molecule has 1 N–H and O–H groups in total. The van der Waals surface area contributed by atoms with Crippen LogP contribution in [0.1, 0.15) is 70.4 Å². The van der Waals surface area contributed by atoms with Gasteiger partial charge in [0.15, 0.2) is 11.4 Å². The van der Waals surface area contributed by atoms with Gasteiger partial charge in [-0.2, -0.15) is 0 Å². The predicted molar refractivity (Wildman–Crippen MR) is 121 cm³/mol. The summed E-state index contributed by atoms with van der Waals surface area (Å²) in [6, 6.07) is 2.97. The number of thioether (sulfide) groups is 1. The summed E-state index contributed by atoms with van der Waals surface area (Å²) in [5, 5.41) is 10.4. The van der Waals surface area contributed by atoms with Crippen molar-refractivity contribution in [2.75, 3.05) is 0 Å². The molecule has 2 fully saturated rings. The number of hydrogen-bond acceptors (Lipinski definition) is 4. The van der Waals surface area contributed by atoms with Gasteiger partial charge in [-0.1, -0.05) is 56.2 Å². The summed E-state index contributed by atoms with van der Waals surface area (Å²) in [6.45, 7) is 2.38. The van der Waals surface area contributed by atoms with Crippen molar-refractivity contribution < 1.29 is 5.11 Å². The highest BCUT2D eigenvalue weighted by atomic mass is 35.5. The number of pyridine rings is 1. The first-order valence-electron chi connectivity index (χ1n) is 10.7. The number of fused-ring (bicyclic) bond motifs is 1. The summed E-state index contributed by atoms with van der Waals surface area (Å²) >= 11 is 7.75. The third-order valence-electron chi connectivity index (χ3n) is 6.20. The lowest BCUT2D eigenvalue weighted by atomic mass is 9.81. The largest absolute Gasteiger partial charge is 0.504 e. The van der Waals surface area contributed by atoms with Crippen LogP contribution in [0.5, 0.6) is 5.75 Å². The van der Waals surface area contributed by atoms with Gasteiger partial charge >= 0.3 is 0 Å². The van der Waals surface area contributed by atoms with Crippen LogP contribution in [-0.4, -0.2) is 14.5 Å². The fraction of sp³-hybridized carbons (Fsp3) is 0.565. The van der Waals surface area contributed by atoms with E-state index >= 15 is 0 Å². The van der Waals surface area contributed by atoms with Crippen molar-refractivity contribution in [3.63, 3.8) is 0 Å². The molecule has 2 aromatic heterocycles. The Morgan fingerprint density at radius 1 is 1.28 bits per heavy atom. The normalized spacial score (nSPS) is 21.5. The van der Waals surface area contributed by atoms with Gasteiger partial charge in [0.1, 0.15) is 0 Å². The summed E-state index contributed by atoms with van der Waals surface area (Å²) in [5.41, 5.74) is 2.34. The van der Waals surface area contributed by atoms with E-state index < -0.39 is 0 Å². The summed E-state index contributed by atoms with van der Waals surface area (Å²) in [4.78, 5) is 18.4. The van der Waals surface area contributed by atoms with Crippen LogP contribution >= 0.6 is 23.4 Å². The summed E-state index contributed by atoms with van der Waals surface area (Å²) < 4.78 is 1.30. The molecule has 2 heterocycles. The van der Waals surface area contributed by atoms with Crippen molar-refractivity contribution in [3.8, 4) is 5.75 Å². The maximum Gasteiger partial charge on any atom is 0.258 e. The lowest BCUT2D eigenvalue weighted by molar-refractivity contribution is 0.274. The molecule has 2 aromatic rings. The van der Waals surface area contributed by atoms with E-state index in [1.54, 1.807) is 11.6 Å². The zero-order chi connectivity index (χ0) is 20.4. The minimum absolute atomic E-state index is 0.0657. The molecule has 0 atom stereocenters. The molecule has 2 saturated carbocycles. The highest BCUT2D eigenvalue weighted by molar-refractivity contribution is 8.02. The van der Waals surface area contributed by atoms with E-state index in [0.717, 1.165) is 18.3 Å². The molecule has 0 amide bonds. The van der Waals surface area contributed by atoms with Gasteiger partial charge in [0.2, 0.25) is 0 Å². The van der Waals surface area contributed by atoms with Crippen molar-refractivity contribution in [2.24, 2.45) is 11.8 Å². The van der Waals surface area contributed by atoms with Crippen molar-refractivity contribution in [1.29, 1.82) is 0 Å². The molecule has 6 heteroatoms. The molecule has 0 bridgehead atoms. The average Bonchev–Trinajstić information content (AvgIpc) is 3.52. The van der Waals surface area contributed by atoms with Crippen LogP contribution in [-0.2, 0) is 5.75 Å². The van der Waals surface area contributed by atoms with Crippen molar-refractivity contribution in [1.82, 2.24) is 9.38 Å². The third kappa shape index (κ3) is 5.37. The highest BCUT2D eigenvalue weighted by Crippen LogP contribution is 2.41. The Balaban J connectivity index is 1.37. The van der Waals surface area contributed by atoms with E-state index in [1.165, 1.54) is 72.9 Å². The van der Waals surface area contributed by atoms with Crippen LogP contribution in [0.3, 0.4) is 0 Å². The zero-order valence-corrected chi connectivity index (χ0v) is 18.6. The molecule has 4 nitrogen and oxygen atoms in total. The van der Waals surface area contributed by atoms with Gasteiger partial charge < -0.3 is 5.11 Å². The number of aromatic hydroxyl groups is 1. The molecular weight excluding hydrogens is 404 g/mol. The van der Waals surface area contributed by atoms with Crippen LogP contribution in [0.4, 0.5) is 0 Å². The van der Waals surface area contributed by atoms with Crippen LogP contribution < -0.4 is 5.56 Å². The molecule has 2 aliphatic rings. The van der Waals surface area contributed by atoms with Gasteiger partial charge in [-0.05, 0) is 42.4 Å². The Labute approximate surface area is 181 Å². The molecule has 0 radical (unpaired) electrons. The first kappa shape index (κ1) is 20.8. The molecule has 156 valence electrons. The Kier molecular flexibility index (Phi) is 6.55. The van der Waals surface area contributed by atoms with E-state index in [4.69, 9.17) is 11.6 Å². The van der Waals surface area contributed by atoms with Gasteiger partial charge in [-0.15, -0.1) is 11.8 Å². The Hall–Kier alpha value is -1.46. The zero-order valence-electron chi connectivity index (χ0n) is 17.0. The number of allylic oxidation sites excluding steroid dienone is 2. The van der Waals surface area contributed by atoms with Gasteiger partial charge in [0.25, 0.3) is 5.56 Å². The first-order chi connectivity index (χ1) is 14.0. The van der Waals surface area contributed by atoms with Crippen molar-refractivity contribution in [2.45, 2.75) is 70.5 Å². The lowest BCUT2D eigenvalue weighted by Gasteiger charge is -2.26. The average molecular weight is 433 g/mol. The number of nitrogens with zero attached hydrogens (tertiary/aromatic N) is 2. The second kappa shape index (κ2) is 9.13. The van der Waals surface area contributed by atoms with Crippen LogP contribution in [0.2, 0.25) is 5.02 Å². The SMILES string of the molecule is CC1CCC(CCCC(SCc2cc(=O)n3cc(Cl)cc(O)c3n2)=C2CC2)CC1.